The number of hydrogen-bond donors (Lipinski definition) is 0. The van der Waals surface area contributed by atoms with E-state index in [9.17, 15) is 4.39 Å². The molecule has 1 atom stereocenters. The van der Waals surface area contributed by atoms with E-state index in [0.29, 0.717) is 22.4 Å². The first kappa shape index (κ1) is 16.6. The number of rotatable bonds is 2. The Hall–Kier alpha value is -1.85. The molecular weight excluding hydrogens is 362 g/mol. The van der Waals surface area contributed by atoms with Gasteiger partial charge in [0.2, 0.25) is 5.78 Å². The van der Waals surface area contributed by atoms with E-state index in [0.717, 1.165) is 25.2 Å². The summed E-state index contributed by atoms with van der Waals surface area (Å²) in [6.07, 6.45) is 6.82. The molecule has 0 radical (unpaired) electrons. The molecule has 130 valence electrons. The van der Waals surface area contributed by atoms with Gasteiger partial charge in [0.1, 0.15) is 16.8 Å². The van der Waals surface area contributed by atoms with Crippen LogP contribution >= 0.6 is 23.2 Å². The van der Waals surface area contributed by atoms with Crippen molar-refractivity contribution in [3.8, 4) is 11.1 Å². The summed E-state index contributed by atoms with van der Waals surface area (Å²) < 4.78 is 16.5. The molecule has 0 saturated carbocycles. The molecule has 1 aliphatic rings. The fourth-order valence-electron chi connectivity index (χ4n) is 3.55. The maximum absolute atomic E-state index is 14.7. The van der Waals surface area contributed by atoms with Gasteiger partial charge in [0, 0.05) is 30.5 Å². The molecule has 1 unspecified atom stereocenters. The summed E-state index contributed by atoms with van der Waals surface area (Å²) in [4.78, 5) is 10.8. The lowest BCUT2D eigenvalue weighted by molar-refractivity contribution is 0.480. The van der Waals surface area contributed by atoms with Crippen molar-refractivity contribution in [1.82, 2.24) is 14.4 Å². The Morgan fingerprint density at radius 2 is 2.04 bits per heavy atom. The fraction of sp³-hybridized carbons (Fsp3) is 0.333. The zero-order chi connectivity index (χ0) is 17.6. The van der Waals surface area contributed by atoms with Crippen LogP contribution in [0.25, 0.3) is 16.9 Å². The van der Waals surface area contributed by atoms with Crippen LogP contribution < -0.4 is 4.90 Å². The molecule has 1 saturated heterocycles. The SMILES string of the molecule is CC1CCCCN1c1c(-c2c(F)cccc2Cl)c(Cl)nc2nccn12. The molecule has 7 heteroatoms. The van der Waals surface area contributed by atoms with E-state index >= 15 is 0 Å². The van der Waals surface area contributed by atoms with E-state index in [1.165, 1.54) is 12.5 Å². The fourth-order valence-corrected chi connectivity index (χ4v) is 4.06. The molecule has 2 aromatic heterocycles. The molecule has 3 heterocycles. The van der Waals surface area contributed by atoms with Gasteiger partial charge in [-0.25, -0.2) is 9.37 Å². The van der Waals surface area contributed by atoms with E-state index in [2.05, 4.69) is 21.8 Å². The van der Waals surface area contributed by atoms with Crippen molar-refractivity contribution in [2.45, 2.75) is 32.2 Å². The molecule has 1 fully saturated rings. The first-order chi connectivity index (χ1) is 12.1. The molecule has 4 nitrogen and oxygen atoms in total. The lowest BCUT2D eigenvalue weighted by Gasteiger charge is -2.37. The van der Waals surface area contributed by atoms with Gasteiger partial charge in [0.25, 0.3) is 0 Å². The Morgan fingerprint density at radius 3 is 2.80 bits per heavy atom. The van der Waals surface area contributed by atoms with Crippen molar-refractivity contribution in [2.24, 2.45) is 0 Å². The van der Waals surface area contributed by atoms with Crippen molar-refractivity contribution >= 4 is 34.8 Å². The van der Waals surface area contributed by atoms with Crippen LogP contribution in [0.2, 0.25) is 10.2 Å². The highest BCUT2D eigenvalue weighted by Gasteiger charge is 2.28. The first-order valence-electron chi connectivity index (χ1n) is 8.31. The van der Waals surface area contributed by atoms with Gasteiger partial charge in [-0.15, -0.1) is 0 Å². The first-order valence-corrected chi connectivity index (χ1v) is 9.07. The summed E-state index contributed by atoms with van der Waals surface area (Å²) in [6.45, 7) is 3.04. The molecule has 1 aromatic carbocycles. The summed E-state index contributed by atoms with van der Waals surface area (Å²) in [5.74, 6) is 0.877. The summed E-state index contributed by atoms with van der Waals surface area (Å²) in [6, 6.07) is 4.94. The number of imidazole rings is 1. The largest absolute Gasteiger partial charge is 0.354 e. The van der Waals surface area contributed by atoms with Crippen LogP contribution in [0.4, 0.5) is 10.2 Å². The second kappa shape index (κ2) is 6.46. The zero-order valence-electron chi connectivity index (χ0n) is 13.7. The van der Waals surface area contributed by atoms with E-state index in [1.54, 1.807) is 18.3 Å². The molecule has 0 bridgehead atoms. The standard InChI is InChI=1S/C18H17Cl2FN4/c1-11-5-2-3-9-24(11)17-15(14-12(19)6-4-7-13(14)21)16(20)23-18-22-8-10-25(17)18/h4,6-8,10-11H,2-3,5,9H2,1H3. The highest BCUT2D eigenvalue weighted by atomic mass is 35.5. The molecule has 4 rings (SSSR count). The van der Waals surface area contributed by atoms with E-state index in [1.807, 2.05) is 10.6 Å². The number of anilines is 1. The van der Waals surface area contributed by atoms with E-state index in [4.69, 9.17) is 23.2 Å². The monoisotopic (exact) mass is 378 g/mol. The van der Waals surface area contributed by atoms with E-state index < -0.39 is 5.82 Å². The van der Waals surface area contributed by atoms with Crippen molar-refractivity contribution < 1.29 is 4.39 Å². The third-order valence-corrected chi connectivity index (χ3v) is 5.35. The van der Waals surface area contributed by atoms with E-state index in [-0.39, 0.29) is 10.7 Å². The smallest absolute Gasteiger partial charge is 0.236 e. The average Bonchev–Trinajstić information content (AvgIpc) is 3.03. The Morgan fingerprint density at radius 1 is 1.20 bits per heavy atom. The highest BCUT2D eigenvalue weighted by Crippen LogP contribution is 2.42. The lowest BCUT2D eigenvalue weighted by Crippen LogP contribution is -2.39. The minimum atomic E-state index is -0.415. The zero-order valence-corrected chi connectivity index (χ0v) is 15.2. The maximum Gasteiger partial charge on any atom is 0.236 e. The van der Waals surface area contributed by atoms with Crippen molar-refractivity contribution in [3.05, 3.63) is 46.6 Å². The van der Waals surface area contributed by atoms with Crippen LogP contribution in [0.5, 0.6) is 0 Å². The van der Waals surface area contributed by atoms with Crippen LogP contribution in [0.15, 0.2) is 30.6 Å². The van der Waals surface area contributed by atoms with Crippen LogP contribution in [-0.2, 0) is 0 Å². The predicted molar refractivity (Wildman–Crippen MR) is 99.1 cm³/mol. The molecular formula is C18H17Cl2FN4. The van der Waals surface area contributed by atoms with Gasteiger partial charge in [-0.1, -0.05) is 29.3 Å². The molecule has 0 amide bonds. The number of nitrogens with zero attached hydrogens (tertiary/aromatic N) is 4. The van der Waals surface area contributed by atoms with Gasteiger partial charge in [-0.3, -0.25) is 4.40 Å². The van der Waals surface area contributed by atoms with Gasteiger partial charge >= 0.3 is 0 Å². The van der Waals surface area contributed by atoms with Gasteiger partial charge in [-0.2, -0.15) is 4.98 Å². The molecule has 0 spiro atoms. The van der Waals surface area contributed by atoms with Gasteiger partial charge in [0.15, 0.2) is 0 Å². The summed E-state index contributed by atoms with van der Waals surface area (Å²) >= 11 is 12.8. The summed E-state index contributed by atoms with van der Waals surface area (Å²) in [7, 11) is 0. The quantitative estimate of drug-likeness (QED) is 0.573. The topological polar surface area (TPSA) is 33.4 Å². The Bertz CT molecular complexity index is 920. The average molecular weight is 379 g/mol. The highest BCUT2D eigenvalue weighted by molar-refractivity contribution is 6.36. The van der Waals surface area contributed by atoms with Gasteiger partial charge in [-0.05, 0) is 38.3 Å². The number of hydrogen-bond acceptors (Lipinski definition) is 3. The third kappa shape index (κ3) is 2.75. The number of benzene rings is 1. The molecule has 0 aliphatic carbocycles. The van der Waals surface area contributed by atoms with Crippen LogP contribution in [-0.4, -0.2) is 27.0 Å². The second-order valence-electron chi connectivity index (χ2n) is 6.33. The van der Waals surface area contributed by atoms with Crippen LogP contribution in [0.1, 0.15) is 26.2 Å². The van der Waals surface area contributed by atoms with Crippen molar-refractivity contribution in [2.75, 3.05) is 11.4 Å². The Labute approximate surface area is 155 Å². The third-order valence-electron chi connectivity index (χ3n) is 4.77. The molecule has 1 aliphatic heterocycles. The number of fused-ring (bicyclic) bond motifs is 1. The number of aromatic nitrogens is 3. The number of piperidine rings is 1. The Balaban J connectivity index is 2.07. The normalized spacial score (nSPS) is 18.1. The maximum atomic E-state index is 14.7. The Kier molecular flexibility index (Phi) is 4.29. The van der Waals surface area contributed by atoms with Crippen LogP contribution in [0.3, 0.4) is 0 Å². The van der Waals surface area contributed by atoms with Gasteiger partial charge in [0.05, 0.1) is 10.6 Å². The van der Waals surface area contributed by atoms with Gasteiger partial charge < -0.3 is 4.90 Å². The molecule has 25 heavy (non-hydrogen) atoms. The summed E-state index contributed by atoms with van der Waals surface area (Å²) in [5, 5.41) is 0.521. The lowest BCUT2D eigenvalue weighted by atomic mass is 10.0. The minimum absolute atomic E-state index is 0.207. The second-order valence-corrected chi connectivity index (χ2v) is 7.10. The minimum Gasteiger partial charge on any atom is -0.354 e. The molecule has 0 N–H and O–H groups in total. The summed E-state index contributed by atoms with van der Waals surface area (Å²) in [5.41, 5.74) is 0.800. The number of halogens is 3. The predicted octanol–water partition coefficient (Wildman–Crippen LogP) is 5.22. The van der Waals surface area contributed by atoms with Crippen molar-refractivity contribution in [3.63, 3.8) is 0 Å². The van der Waals surface area contributed by atoms with Crippen LogP contribution in [0, 0.1) is 5.82 Å². The molecule has 3 aromatic rings. The van der Waals surface area contributed by atoms with Crippen molar-refractivity contribution in [1.29, 1.82) is 0 Å².